The highest BCUT2D eigenvalue weighted by Gasteiger charge is 2.31. The van der Waals surface area contributed by atoms with E-state index in [1.165, 1.54) is 12.8 Å². The number of fused-ring (bicyclic) bond motifs is 3. The van der Waals surface area contributed by atoms with Crippen LogP contribution in [-0.4, -0.2) is 27.6 Å². The maximum absolute atomic E-state index is 11.3. The normalized spacial score (nSPS) is 10.0. The van der Waals surface area contributed by atoms with Crippen LogP contribution in [0.4, 0.5) is 0 Å². The monoisotopic (exact) mass is 372 g/mol. The van der Waals surface area contributed by atoms with Crippen LogP contribution in [0.15, 0.2) is 54.1 Å². The molecular weight excluding hydrogens is 344 g/mol. The number of hydrogen-bond donors (Lipinski definition) is 2. The summed E-state index contributed by atoms with van der Waals surface area (Å²) < 4.78 is 0. The molecule has 0 heterocycles. The van der Waals surface area contributed by atoms with Gasteiger partial charge in [-0.05, 0) is 22.3 Å². The molecule has 0 saturated heterocycles. The van der Waals surface area contributed by atoms with Gasteiger partial charge in [-0.3, -0.25) is 0 Å². The van der Waals surface area contributed by atoms with E-state index in [1.54, 1.807) is 24.3 Å². The van der Waals surface area contributed by atoms with E-state index < -0.39 is 17.5 Å². The Morgan fingerprint density at radius 1 is 0.667 bits per heavy atom. The van der Waals surface area contributed by atoms with Crippen molar-refractivity contribution < 1.29 is 25.3 Å². The number of benzene rings is 2. The van der Waals surface area contributed by atoms with Gasteiger partial charge in [-0.1, -0.05) is 89.1 Å². The molecule has 2 aromatic carbocycles. The van der Waals surface area contributed by atoms with Crippen molar-refractivity contribution in [1.29, 1.82) is 0 Å². The molecule has 0 spiro atoms. The van der Waals surface area contributed by atoms with Crippen LogP contribution in [0.5, 0.6) is 0 Å². The van der Waals surface area contributed by atoms with Crippen LogP contribution in [0.2, 0.25) is 0 Å². The van der Waals surface area contributed by atoms with E-state index in [9.17, 15) is 19.8 Å². The minimum Gasteiger partial charge on any atom is -0.477 e. The fourth-order valence-corrected chi connectivity index (χ4v) is 2.59. The first-order valence-electron chi connectivity index (χ1n) is 8.84. The highest BCUT2D eigenvalue weighted by atomic mass is 16.4. The number of carbonyl (C=O) groups is 2. The first-order chi connectivity index (χ1) is 12.4. The standard InChI is InChI=1S/C16H10O4.2C3H8.H2O/c17-15(18)14(16(19)20)13-11-7-3-1-5-9(11)10-6-2-4-8-12(10)13;2*1-3-2;/h1-8H,(H,17,18)(H,19,20);2*3H2,1-2H3;1H2. The summed E-state index contributed by atoms with van der Waals surface area (Å²) in [7, 11) is 0. The van der Waals surface area contributed by atoms with Crippen LogP contribution in [0.3, 0.4) is 0 Å². The van der Waals surface area contributed by atoms with Crippen LogP contribution >= 0.6 is 0 Å². The second-order valence-corrected chi connectivity index (χ2v) is 5.87. The number of carboxylic acid groups (broad SMARTS) is 2. The summed E-state index contributed by atoms with van der Waals surface area (Å²) in [5.74, 6) is -2.86. The van der Waals surface area contributed by atoms with Gasteiger partial charge in [-0.2, -0.15) is 0 Å². The second-order valence-electron chi connectivity index (χ2n) is 5.87. The lowest BCUT2D eigenvalue weighted by Gasteiger charge is -2.05. The van der Waals surface area contributed by atoms with Crippen LogP contribution in [-0.2, 0) is 9.59 Å². The molecule has 1 aliphatic rings. The van der Waals surface area contributed by atoms with E-state index in [2.05, 4.69) is 27.7 Å². The highest BCUT2D eigenvalue weighted by Crippen LogP contribution is 2.45. The first-order valence-corrected chi connectivity index (χ1v) is 8.84. The lowest BCUT2D eigenvalue weighted by Crippen LogP contribution is -2.13. The Morgan fingerprint density at radius 2 is 0.926 bits per heavy atom. The molecule has 3 rings (SSSR count). The number of hydrogen-bond acceptors (Lipinski definition) is 2. The van der Waals surface area contributed by atoms with Crippen molar-refractivity contribution in [3.63, 3.8) is 0 Å². The van der Waals surface area contributed by atoms with Gasteiger partial charge in [0, 0.05) is 5.57 Å². The lowest BCUT2D eigenvalue weighted by atomic mass is 9.98. The average molecular weight is 372 g/mol. The molecule has 0 atom stereocenters. The maximum atomic E-state index is 11.3. The van der Waals surface area contributed by atoms with Gasteiger partial charge in [0.25, 0.3) is 0 Å². The Balaban J connectivity index is 0.000000860. The molecule has 0 bridgehead atoms. The summed E-state index contributed by atoms with van der Waals surface area (Å²) in [6.45, 7) is 8.50. The predicted octanol–water partition coefficient (Wildman–Crippen LogP) is 4.65. The zero-order chi connectivity index (χ0) is 19.7. The van der Waals surface area contributed by atoms with E-state index in [-0.39, 0.29) is 11.0 Å². The predicted molar refractivity (Wildman–Crippen MR) is 109 cm³/mol. The van der Waals surface area contributed by atoms with Crippen LogP contribution < -0.4 is 0 Å². The number of aliphatic carboxylic acids is 2. The molecule has 5 nitrogen and oxygen atoms in total. The molecule has 0 aliphatic heterocycles. The molecule has 4 N–H and O–H groups in total. The molecule has 0 radical (unpaired) electrons. The summed E-state index contributed by atoms with van der Waals surface area (Å²) >= 11 is 0. The Kier molecular flexibility index (Phi) is 10.4. The molecule has 146 valence electrons. The average Bonchev–Trinajstić information content (AvgIpc) is 2.91. The quantitative estimate of drug-likeness (QED) is 0.388. The fourth-order valence-electron chi connectivity index (χ4n) is 2.59. The van der Waals surface area contributed by atoms with Crippen molar-refractivity contribution in [3.05, 3.63) is 65.2 Å². The minimum absolute atomic E-state index is 0. The number of carboxylic acids is 2. The second kappa shape index (κ2) is 11.6. The molecule has 0 fully saturated rings. The Labute approximate surface area is 160 Å². The van der Waals surface area contributed by atoms with Gasteiger partial charge < -0.3 is 15.7 Å². The molecule has 27 heavy (non-hydrogen) atoms. The molecular formula is C22H28O5. The topological polar surface area (TPSA) is 106 Å². The van der Waals surface area contributed by atoms with Gasteiger partial charge in [0.2, 0.25) is 0 Å². The van der Waals surface area contributed by atoms with Crippen molar-refractivity contribution in [2.75, 3.05) is 0 Å². The third-order valence-corrected chi connectivity index (χ3v) is 3.36. The van der Waals surface area contributed by atoms with Crippen molar-refractivity contribution in [2.24, 2.45) is 0 Å². The third-order valence-electron chi connectivity index (χ3n) is 3.36. The van der Waals surface area contributed by atoms with E-state index >= 15 is 0 Å². The van der Waals surface area contributed by atoms with Crippen molar-refractivity contribution in [3.8, 4) is 11.1 Å². The minimum atomic E-state index is -1.43. The van der Waals surface area contributed by atoms with Gasteiger partial charge in [-0.15, -0.1) is 0 Å². The Hall–Kier alpha value is -2.92. The highest BCUT2D eigenvalue weighted by molar-refractivity contribution is 6.23. The number of rotatable bonds is 2. The van der Waals surface area contributed by atoms with Gasteiger partial charge in [-0.25, -0.2) is 9.59 Å². The molecule has 1 aliphatic carbocycles. The van der Waals surface area contributed by atoms with Crippen molar-refractivity contribution in [1.82, 2.24) is 0 Å². The van der Waals surface area contributed by atoms with Crippen LogP contribution in [0.1, 0.15) is 51.7 Å². The lowest BCUT2D eigenvalue weighted by molar-refractivity contribution is -0.140. The van der Waals surface area contributed by atoms with Crippen molar-refractivity contribution in [2.45, 2.75) is 40.5 Å². The summed E-state index contributed by atoms with van der Waals surface area (Å²) in [5.41, 5.74) is 2.69. The molecule has 5 heteroatoms. The van der Waals surface area contributed by atoms with E-state index in [0.29, 0.717) is 11.1 Å². The zero-order valence-corrected chi connectivity index (χ0v) is 16.2. The van der Waals surface area contributed by atoms with Crippen LogP contribution in [0.25, 0.3) is 16.7 Å². The summed E-state index contributed by atoms with van der Waals surface area (Å²) in [6.07, 6.45) is 2.50. The van der Waals surface area contributed by atoms with Gasteiger partial charge in [0.05, 0.1) is 0 Å². The molecule has 0 unspecified atom stereocenters. The van der Waals surface area contributed by atoms with Gasteiger partial charge in [0.1, 0.15) is 0 Å². The first kappa shape index (κ1) is 24.1. The molecule has 2 aromatic rings. The van der Waals surface area contributed by atoms with Gasteiger partial charge >= 0.3 is 11.9 Å². The molecule has 0 amide bonds. The summed E-state index contributed by atoms with van der Waals surface area (Å²) in [4.78, 5) is 22.6. The van der Waals surface area contributed by atoms with Gasteiger partial charge in [0.15, 0.2) is 5.57 Å². The van der Waals surface area contributed by atoms with E-state index in [1.807, 2.05) is 24.3 Å². The van der Waals surface area contributed by atoms with E-state index in [0.717, 1.165) is 11.1 Å². The fraction of sp³-hybridized carbons (Fsp3) is 0.273. The Morgan fingerprint density at radius 3 is 1.19 bits per heavy atom. The summed E-state index contributed by atoms with van der Waals surface area (Å²) in [5, 5.41) is 18.4. The third kappa shape index (κ3) is 5.53. The van der Waals surface area contributed by atoms with E-state index in [4.69, 9.17) is 0 Å². The SMILES string of the molecule is CCC.CCC.O.O=C(O)C(C(=O)O)=C1c2ccccc2-c2ccccc21. The molecule has 0 saturated carbocycles. The zero-order valence-electron chi connectivity index (χ0n) is 16.2. The smallest absolute Gasteiger partial charge is 0.343 e. The molecule has 0 aromatic heterocycles. The maximum Gasteiger partial charge on any atom is 0.343 e. The van der Waals surface area contributed by atoms with Crippen molar-refractivity contribution >= 4 is 17.5 Å². The Bertz CT molecular complexity index is 740. The summed E-state index contributed by atoms with van der Waals surface area (Å²) in [6, 6.07) is 14.5. The van der Waals surface area contributed by atoms with Crippen LogP contribution in [0, 0.1) is 0 Å². The largest absolute Gasteiger partial charge is 0.477 e.